The Morgan fingerprint density at radius 3 is 1.71 bits per heavy atom. The number of halogens is 1. The van der Waals surface area contributed by atoms with Crippen molar-refractivity contribution in [2.45, 2.75) is 13.8 Å². The third kappa shape index (κ3) is 3.69. The molecule has 0 rings (SSSR count). The summed E-state index contributed by atoms with van der Waals surface area (Å²) in [5, 5.41) is 0. The van der Waals surface area contributed by atoms with Gasteiger partial charge < -0.3 is 0 Å². The molecule has 0 unspecified atom stereocenters. The van der Waals surface area contributed by atoms with Crippen LogP contribution in [-0.2, 0) is 11.8 Å². The van der Waals surface area contributed by atoms with Crippen LogP contribution in [-0.4, -0.2) is 12.3 Å². The van der Waals surface area contributed by atoms with Crippen LogP contribution < -0.4 is 0 Å². The van der Waals surface area contributed by atoms with E-state index in [1.807, 2.05) is 0 Å². The lowest BCUT2D eigenvalue weighted by molar-refractivity contribution is 1.44. The van der Waals surface area contributed by atoms with Gasteiger partial charge >= 0.3 is 0 Å². The van der Waals surface area contributed by atoms with Crippen LogP contribution in [0.3, 0.4) is 0 Å². The van der Waals surface area contributed by atoms with E-state index >= 15 is 0 Å². The van der Waals surface area contributed by atoms with E-state index in [2.05, 4.69) is 29.3 Å². The van der Waals surface area contributed by atoms with Gasteiger partial charge in [-0.25, -0.2) is 0 Å². The molecule has 0 saturated carbocycles. The Labute approximate surface area is 58.4 Å². The quantitative estimate of drug-likeness (QED) is 0.619. The van der Waals surface area contributed by atoms with E-state index in [4.69, 9.17) is 11.8 Å². The molecule has 0 N–H and O–H groups in total. The van der Waals surface area contributed by atoms with Crippen molar-refractivity contribution < 1.29 is 0 Å². The topological polar surface area (TPSA) is 0 Å². The first kappa shape index (κ1) is 8.13. The molecule has 0 saturated heterocycles. The average molecular weight is 201 g/mol. The Kier molecular flexibility index (Phi) is 3.73. The molecule has 0 aliphatic rings. The summed E-state index contributed by atoms with van der Waals surface area (Å²) in [7, 11) is 0. The summed E-state index contributed by atoms with van der Waals surface area (Å²) >= 11 is 8.68. The fourth-order valence-electron chi connectivity index (χ4n) is 0.224. The Balaban J connectivity index is 3.61. The lowest BCUT2D eigenvalue weighted by Crippen LogP contribution is -1.76. The van der Waals surface area contributed by atoms with Crippen molar-refractivity contribution in [2.24, 2.45) is 0 Å². The minimum absolute atomic E-state index is 1.01. The van der Waals surface area contributed by atoms with E-state index in [-0.39, 0.29) is 0 Å². The average Bonchev–Trinajstić information content (AvgIpc) is 1.68. The molecule has 0 aliphatic carbocycles. The van der Waals surface area contributed by atoms with Crippen LogP contribution in [0, 0.1) is 0 Å². The van der Waals surface area contributed by atoms with Gasteiger partial charge in [0.1, 0.15) is 0 Å². The van der Waals surface area contributed by atoms with Crippen molar-refractivity contribution in [1.82, 2.24) is 0 Å². The SMILES string of the molecule is CCP(=S)(Br)CC. The fourth-order valence-corrected chi connectivity index (χ4v) is 0.671. The van der Waals surface area contributed by atoms with Crippen molar-refractivity contribution >= 4 is 32.0 Å². The van der Waals surface area contributed by atoms with Gasteiger partial charge in [0.25, 0.3) is 0 Å². The predicted molar refractivity (Wildman–Crippen MR) is 44.3 cm³/mol. The molecule has 0 spiro atoms. The van der Waals surface area contributed by atoms with Crippen LogP contribution in [0.2, 0.25) is 0 Å². The van der Waals surface area contributed by atoms with Gasteiger partial charge in [-0.05, 0) is 27.8 Å². The molecular formula is C4H10BrPS. The smallest absolute Gasteiger partial charge is 0.0166 e. The molecule has 0 aromatic heterocycles. The zero-order chi connectivity index (χ0) is 5.91. The maximum Gasteiger partial charge on any atom is 0.0166 e. The highest BCUT2D eigenvalue weighted by Gasteiger charge is 2.02. The molecule has 44 valence electrons. The third-order valence-corrected chi connectivity index (χ3v) is 7.39. The maximum absolute atomic E-state index is 5.17. The molecule has 0 radical (unpaired) electrons. The lowest BCUT2D eigenvalue weighted by atomic mass is 11.0. The second kappa shape index (κ2) is 3.21. The van der Waals surface area contributed by atoms with E-state index in [0.29, 0.717) is 0 Å². The van der Waals surface area contributed by atoms with Gasteiger partial charge in [0.2, 0.25) is 0 Å². The Morgan fingerprint density at radius 1 is 1.43 bits per heavy atom. The summed E-state index contributed by atoms with van der Waals surface area (Å²) in [5.41, 5.74) is 0. The number of hydrogen-bond acceptors (Lipinski definition) is 1. The molecule has 0 amide bonds. The molecule has 0 bridgehead atoms. The van der Waals surface area contributed by atoms with Crippen LogP contribution in [0.4, 0.5) is 0 Å². The molecule has 0 fully saturated rings. The molecule has 7 heavy (non-hydrogen) atoms. The highest BCUT2D eigenvalue weighted by Crippen LogP contribution is 2.52. The van der Waals surface area contributed by atoms with Crippen LogP contribution in [0.25, 0.3) is 0 Å². The normalized spacial score (nSPS) is 11.9. The lowest BCUT2D eigenvalue weighted by Gasteiger charge is -2.05. The zero-order valence-electron chi connectivity index (χ0n) is 4.65. The maximum atomic E-state index is 5.17. The molecule has 0 nitrogen and oxygen atoms in total. The van der Waals surface area contributed by atoms with E-state index < -0.39 is 4.74 Å². The second-order valence-corrected chi connectivity index (χ2v) is 11.8. The van der Waals surface area contributed by atoms with E-state index in [1.165, 1.54) is 0 Å². The predicted octanol–water partition coefficient (Wildman–Crippen LogP) is 2.82. The van der Waals surface area contributed by atoms with Gasteiger partial charge in [-0.2, -0.15) is 0 Å². The van der Waals surface area contributed by atoms with Crippen LogP contribution >= 0.6 is 20.2 Å². The van der Waals surface area contributed by atoms with Crippen molar-refractivity contribution in [3.05, 3.63) is 0 Å². The van der Waals surface area contributed by atoms with Crippen molar-refractivity contribution in [3.8, 4) is 0 Å². The van der Waals surface area contributed by atoms with Gasteiger partial charge in [0.05, 0.1) is 0 Å². The largest absolute Gasteiger partial charge is 0.0854 e. The summed E-state index contributed by atoms with van der Waals surface area (Å²) in [6, 6.07) is 0. The highest BCUT2D eigenvalue weighted by atomic mass is 79.9. The first-order valence-corrected chi connectivity index (χ1v) is 7.59. The summed E-state index contributed by atoms with van der Waals surface area (Å²) < 4.78 is -1.01. The Hall–Kier alpha value is 1.13. The fraction of sp³-hybridized carbons (Fsp3) is 1.00. The first-order chi connectivity index (χ1) is 3.12. The van der Waals surface area contributed by atoms with Crippen molar-refractivity contribution in [2.75, 3.05) is 12.3 Å². The second-order valence-electron chi connectivity index (χ2n) is 1.42. The standard InChI is InChI=1S/C4H10BrPS/c1-3-6(5,7)4-2/h3-4H2,1-2H3. The first-order valence-electron chi connectivity index (χ1n) is 2.40. The molecule has 3 heteroatoms. The molecule has 0 aromatic carbocycles. The van der Waals surface area contributed by atoms with Gasteiger partial charge in [0, 0.05) is 4.74 Å². The van der Waals surface area contributed by atoms with Gasteiger partial charge in [-0.15, -0.1) is 0 Å². The van der Waals surface area contributed by atoms with Crippen LogP contribution in [0.5, 0.6) is 0 Å². The van der Waals surface area contributed by atoms with Crippen molar-refractivity contribution in [1.29, 1.82) is 0 Å². The summed E-state index contributed by atoms with van der Waals surface area (Å²) in [4.78, 5) is 0. The van der Waals surface area contributed by atoms with Crippen LogP contribution in [0.15, 0.2) is 0 Å². The number of hydrogen-bond donors (Lipinski definition) is 0. The molecule has 0 atom stereocenters. The molecular weight excluding hydrogens is 191 g/mol. The van der Waals surface area contributed by atoms with E-state index in [9.17, 15) is 0 Å². The number of rotatable bonds is 2. The third-order valence-electron chi connectivity index (χ3n) is 0.944. The summed E-state index contributed by atoms with van der Waals surface area (Å²) in [6.07, 6.45) is 2.28. The van der Waals surface area contributed by atoms with Crippen molar-refractivity contribution in [3.63, 3.8) is 0 Å². The minimum atomic E-state index is -1.01. The van der Waals surface area contributed by atoms with Gasteiger partial charge in [-0.3, -0.25) is 0 Å². The van der Waals surface area contributed by atoms with E-state index in [1.54, 1.807) is 0 Å². The molecule has 0 heterocycles. The van der Waals surface area contributed by atoms with Crippen LogP contribution in [0.1, 0.15) is 13.8 Å². The summed E-state index contributed by atoms with van der Waals surface area (Å²) in [6.45, 7) is 4.28. The van der Waals surface area contributed by atoms with Gasteiger partial charge in [0.15, 0.2) is 0 Å². The Morgan fingerprint density at radius 2 is 1.71 bits per heavy atom. The zero-order valence-corrected chi connectivity index (χ0v) is 7.94. The molecule has 0 aliphatic heterocycles. The minimum Gasteiger partial charge on any atom is -0.0854 e. The van der Waals surface area contributed by atoms with Gasteiger partial charge in [-0.1, -0.05) is 25.7 Å². The summed E-state index contributed by atoms with van der Waals surface area (Å²) in [5.74, 6) is 0. The monoisotopic (exact) mass is 200 g/mol. The Bertz CT molecular complexity index is 83.7. The molecule has 0 aromatic rings. The highest BCUT2D eigenvalue weighted by molar-refractivity contribution is 9.44. The van der Waals surface area contributed by atoms with E-state index in [0.717, 1.165) is 12.3 Å².